The monoisotopic (exact) mass is 347 g/mol. The molecule has 2 rings (SSSR count). The SMILES string of the molecule is CCN(C)c1cc2s[c]([SnH]([CH3])[CH3])cc2s1. The van der Waals surface area contributed by atoms with E-state index in [2.05, 4.69) is 40.9 Å². The zero-order valence-corrected chi connectivity index (χ0v) is 14.6. The summed E-state index contributed by atoms with van der Waals surface area (Å²) < 4.78 is 4.70. The van der Waals surface area contributed by atoms with E-state index < -0.39 is 19.8 Å². The zero-order chi connectivity index (χ0) is 11.0. The van der Waals surface area contributed by atoms with Crippen molar-refractivity contribution in [1.29, 1.82) is 0 Å². The van der Waals surface area contributed by atoms with E-state index in [1.54, 1.807) is 2.89 Å². The van der Waals surface area contributed by atoms with E-state index in [1.165, 1.54) is 14.4 Å². The van der Waals surface area contributed by atoms with Gasteiger partial charge in [-0.2, -0.15) is 0 Å². The van der Waals surface area contributed by atoms with Gasteiger partial charge in [0, 0.05) is 0 Å². The van der Waals surface area contributed by atoms with Crippen molar-refractivity contribution in [2.45, 2.75) is 16.8 Å². The Labute approximate surface area is 106 Å². The molecule has 82 valence electrons. The van der Waals surface area contributed by atoms with Crippen molar-refractivity contribution in [2.75, 3.05) is 18.5 Å². The predicted octanol–water partition coefficient (Wildman–Crippen LogP) is 3.11. The van der Waals surface area contributed by atoms with Gasteiger partial charge in [0.05, 0.1) is 0 Å². The van der Waals surface area contributed by atoms with E-state index in [0.29, 0.717) is 0 Å². The van der Waals surface area contributed by atoms with Crippen LogP contribution >= 0.6 is 22.7 Å². The second kappa shape index (κ2) is 4.63. The number of fused-ring (bicyclic) bond motifs is 1. The minimum atomic E-state index is -1.25. The van der Waals surface area contributed by atoms with Gasteiger partial charge < -0.3 is 0 Å². The quantitative estimate of drug-likeness (QED) is 0.772. The summed E-state index contributed by atoms with van der Waals surface area (Å²) >= 11 is 2.72. The second-order valence-corrected chi connectivity index (χ2v) is 15.9. The van der Waals surface area contributed by atoms with Crippen LogP contribution in [-0.2, 0) is 0 Å². The van der Waals surface area contributed by atoms with E-state index in [-0.39, 0.29) is 0 Å². The number of nitrogens with zero attached hydrogens (tertiary/aromatic N) is 1. The van der Waals surface area contributed by atoms with E-state index >= 15 is 0 Å². The van der Waals surface area contributed by atoms with Crippen LogP contribution in [0.25, 0.3) is 9.40 Å². The summed E-state index contributed by atoms with van der Waals surface area (Å²) in [5.74, 6) is 0. The Morgan fingerprint density at radius 3 is 2.40 bits per heavy atom. The fourth-order valence-electron chi connectivity index (χ4n) is 1.47. The van der Waals surface area contributed by atoms with Crippen LogP contribution < -0.4 is 7.79 Å². The van der Waals surface area contributed by atoms with Gasteiger partial charge in [-0.05, 0) is 0 Å². The number of anilines is 1. The normalized spacial score (nSPS) is 11.5. The van der Waals surface area contributed by atoms with Crippen molar-refractivity contribution in [2.24, 2.45) is 0 Å². The molecule has 0 bridgehead atoms. The van der Waals surface area contributed by atoms with Crippen LogP contribution in [0.2, 0.25) is 9.88 Å². The Morgan fingerprint density at radius 2 is 1.87 bits per heavy atom. The Kier molecular flexibility index (Phi) is 3.63. The molecule has 0 amide bonds. The first-order chi connectivity index (χ1) is 7.11. The van der Waals surface area contributed by atoms with E-state index in [1.807, 2.05) is 22.7 Å². The van der Waals surface area contributed by atoms with Gasteiger partial charge in [0.25, 0.3) is 0 Å². The molecule has 0 unspecified atom stereocenters. The Balaban J connectivity index is 2.38. The van der Waals surface area contributed by atoms with Crippen LogP contribution in [-0.4, -0.2) is 33.4 Å². The second-order valence-electron chi connectivity index (χ2n) is 4.13. The van der Waals surface area contributed by atoms with Crippen LogP contribution in [0.5, 0.6) is 0 Å². The first-order valence-corrected chi connectivity index (χ1v) is 15.2. The molecule has 0 aliphatic heterocycles. The summed E-state index contributed by atoms with van der Waals surface area (Å²) in [6.07, 6.45) is 0. The van der Waals surface area contributed by atoms with Crippen molar-refractivity contribution in [1.82, 2.24) is 0 Å². The summed E-state index contributed by atoms with van der Waals surface area (Å²) in [5, 5.41) is 1.41. The molecule has 2 aromatic rings. The molecule has 15 heavy (non-hydrogen) atoms. The molecule has 0 aromatic carbocycles. The fourth-order valence-corrected chi connectivity index (χ4v) is 8.78. The molecule has 4 heteroatoms. The number of hydrogen-bond donors (Lipinski definition) is 0. The van der Waals surface area contributed by atoms with Crippen molar-refractivity contribution in [3.63, 3.8) is 0 Å². The van der Waals surface area contributed by atoms with Gasteiger partial charge in [-0.1, -0.05) is 0 Å². The Hall–Kier alpha value is 0.259. The van der Waals surface area contributed by atoms with Gasteiger partial charge in [-0.15, -0.1) is 0 Å². The molecule has 1 nitrogen and oxygen atoms in total. The summed E-state index contributed by atoms with van der Waals surface area (Å²) in [6.45, 7) is 3.29. The molecule has 0 radical (unpaired) electrons. The molecule has 0 aliphatic rings. The summed E-state index contributed by atoms with van der Waals surface area (Å²) in [7, 11) is 2.16. The van der Waals surface area contributed by atoms with Crippen molar-refractivity contribution in [3.05, 3.63) is 12.1 Å². The average molecular weight is 346 g/mol. The van der Waals surface area contributed by atoms with E-state index in [0.717, 1.165) is 6.54 Å². The molecular formula is C11H17NS2Sn. The minimum absolute atomic E-state index is 1.09. The molecule has 0 spiro atoms. The first kappa shape index (κ1) is 11.7. The molecule has 0 saturated carbocycles. The average Bonchev–Trinajstić information content (AvgIpc) is 2.72. The standard InChI is InChI=1S/C9H10NS2.2CH3.Sn.H/c1-3-10(2)9-6-8-7(12-9)4-5-11-8;;;;/h4,6H,3H2,1-2H3;2*1H3;;. The number of hydrogen-bond acceptors (Lipinski definition) is 3. The number of thiophene rings is 2. The Morgan fingerprint density at radius 1 is 1.20 bits per heavy atom. The first-order valence-electron chi connectivity index (χ1n) is 5.36. The summed E-state index contributed by atoms with van der Waals surface area (Å²) in [6, 6.07) is 4.80. The van der Waals surface area contributed by atoms with E-state index in [9.17, 15) is 0 Å². The molecule has 0 fully saturated rings. The molecule has 0 aliphatic carbocycles. The number of rotatable bonds is 3. The van der Waals surface area contributed by atoms with Gasteiger partial charge in [-0.3, -0.25) is 0 Å². The van der Waals surface area contributed by atoms with Gasteiger partial charge in [-0.25, -0.2) is 0 Å². The van der Waals surface area contributed by atoms with Crippen LogP contribution in [0.15, 0.2) is 12.1 Å². The third-order valence-corrected chi connectivity index (χ3v) is 12.8. The maximum absolute atomic E-state index is 2.47. The van der Waals surface area contributed by atoms with Gasteiger partial charge in [0.1, 0.15) is 0 Å². The van der Waals surface area contributed by atoms with Crippen molar-refractivity contribution in [3.8, 4) is 0 Å². The topological polar surface area (TPSA) is 3.24 Å². The van der Waals surface area contributed by atoms with E-state index in [4.69, 9.17) is 0 Å². The van der Waals surface area contributed by atoms with Gasteiger partial charge in [0.2, 0.25) is 0 Å². The maximum atomic E-state index is 2.47. The van der Waals surface area contributed by atoms with Crippen LogP contribution in [0.4, 0.5) is 5.00 Å². The third kappa shape index (κ3) is 2.34. The molecule has 2 aromatic heterocycles. The van der Waals surface area contributed by atoms with Gasteiger partial charge >= 0.3 is 107 Å². The van der Waals surface area contributed by atoms with Crippen LogP contribution in [0.1, 0.15) is 6.92 Å². The zero-order valence-electron chi connectivity index (χ0n) is 9.70. The van der Waals surface area contributed by atoms with Crippen LogP contribution in [0.3, 0.4) is 0 Å². The van der Waals surface area contributed by atoms with Gasteiger partial charge in [0.15, 0.2) is 0 Å². The molecule has 0 N–H and O–H groups in total. The molecule has 0 atom stereocenters. The molecule has 0 saturated heterocycles. The third-order valence-electron chi connectivity index (χ3n) is 2.63. The van der Waals surface area contributed by atoms with Crippen molar-refractivity contribution < 1.29 is 0 Å². The fraction of sp³-hybridized carbons (Fsp3) is 0.455. The van der Waals surface area contributed by atoms with Crippen molar-refractivity contribution >= 4 is 59.7 Å². The predicted molar refractivity (Wildman–Crippen MR) is 77.2 cm³/mol. The Bertz CT molecular complexity index is 427. The summed E-state index contributed by atoms with van der Waals surface area (Å²) in [4.78, 5) is 7.25. The summed E-state index contributed by atoms with van der Waals surface area (Å²) in [5.41, 5.74) is 0. The van der Waals surface area contributed by atoms with Crippen LogP contribution in [0, 0.1) is 0 Å². The molecule has 2 heterocycles. The molecular weight excluding hydrogens is 329 g/mol.